The smallest absolute Gasteiger partial charge is 0.123 e. The van der Waals surface area contributed by atoms with E-state index in [0.29, 0.717) is 0 Å². The molecule has 1 atom stereocenters. The first-order chi connectivity index (χ1) is 11.9. The van der Waals surface area contributed by atoms with Gasteiger partial charge in [0.25, 0.3) is 0 Å². The van der Waals surface area contributed by atoms with E-state index in [1.807, 2.05) is 42.5 Å². The SMILES string of the molecule is C(#CC(c1ccc2ccccc2c1)c1ccco1)c1ccccc1. The molecule has 114 valence electrons. The Kier molecular flexibility index (Phi) is 3.88. The van der Waals surface area contributed by atoms with Gasteiger partial charge in [0.05, 0.1) is 6.26 Å². The number of hydrogen-bond acceptors (Lipinski definition) is 1. The van der Waals surface area contributed by atoms with Crippen LogP contribution in [0.15, 0.2) is 95.6 Å². The topological polar surface area (TPSA) is 13.1 Å². The molecule has 0 aliphatic rings. The van der Waals surface area contributed by atoms with Gasteiger partial charge >= 0.3 is 0 Å². The van der Waals surface area contributed by atoms with Crippen molar-refractivity contribution in [3.63, 3.8) is 0 Å². The highest BCUT2D eigenvalue weighted by Gasteiger charge is 2.14. The van der Waals surface area contributed by atoms with Crippen LogP contribution in [0.4, 0.5) is 0 Å². The Balaban J connectivity index is 1.79. The molecule has 0 bridgehead atoms. The summed E-state index contributed by atoms with van der Waals surface area (Å²) < 4.78 is 5.65. The fourth-order valence-electron chi connectivity index (χ4n) is 2.84. The van der Waals surface area contributed by atoms with E-state index in [1.54, 1.807) is 6.26 Å². The first-order valence-corrected chi connectivity index (χ1v) is 7.99. The maximum absolute atomic E-state index is 5.65. The molecule has 0 saturated carbocycles. The van der Waals surface area contributed by atoms with Gasteiger partial charge in [-0.3, -0.25) is 0 Å². The molecule has 0 radical (unpaired) electrons. The molecule has 1 aromatic heterocycles. The van der Waals surface area contributed by atoms with E-state index < -0.39 is 0 Å². The van der Waals surface area contributed by atoms with Crippen molar-refractivity contribution in [1.29, 1.82) is 0 Å². The Morgan fingerprint density at radius 2 is 1.50 bits per heavy atom. The second-order valence-corrected chi connectivity index (χ2v) is 5.69. The number of benzene rings is 3. The maximum atomic E-state index is 5.65. The van der Waals surface area contributed by atoms with Gasteiger partial charge in [-0.1, -0.05) is 66.4 Å². The quantitative estimate of drug-likeness (QED) is 0.438. The van der Waals surface area contributed by atoms with Gasteiger partial charge in [0.2, 0.25) is 0 Å². The minimum atomic E-state index is -0.0789. The van der Waals surface area contributed by atoms with E-state index in [-0.39, 0.29) is 5.92 Å². The molecular formula is C23H16O. The largest absolute Gasteiger partial charge is 0.468 e. The summed E-state index contributed by atoms with van der Waals surface area (Å²) in [6.45, 7) is 0. The van der Waals surface area contributed by atoms with Crippen molar-refractivity contribution in [2.24, 2.45) is 0 Å². The van der Waals surface area contributed by atoms with Crippen molar-refractivity contribution in [3.8, 4) is 11.8 Å². The van der Waals surface area contributed by atoms with Crippen molar-refractivity contribution >= 4 is 10.8 Å². The van der Waals surface area contributed by atoms with E-state index in [2.05, 4.69) is 54.3 Å². The monoisotopic (exact) mass is 308 g/mol. The van der Waals surface area contributed by atoms with E-state index in [1.165, 1.54) is 10.8 Å². The van der Waals surface area contributed by atoms with E-state index in [4.69, 9.17) is 4.42 Å². The van der Waals surface area contributed by atoms with Gasteiger partial charge in [-0.2, -0.15) is 0 Å². The molecule has 1 heteroatoms. The number of fused-ring (bicyclic) bond motifs is 1. The van der Waals surface area contributed by atoms with Crippen LogP contribution < -0.4 is 0 Å². The molecule has 24 heavy (non-hydrogen) atoms. The number of hydrogen-bond donors (Lipinski definition) is 0. The predicted molar refractivity (Wildman–Crippen MR) is 97.8 cm³/mol. The Morgan fingerprint density at radius 3 is 2.29 bits per heavy atom. The van der Waals surface area contributed by atoms with Crippen LogP contribution in [0.2, 0.25) is 0 Å². The summed E-state index contributed by atoms with van der Waals surface area (Å²) in [5.41, 5.74) is 2.15. The van der Waals surface area contributed by atoms with Crippen molar-refractivity contribution in [2.75, 3.05) is 0 Å². The Labute approximate surface area is 141 Å². The van der Waals surface area contributed by atoms with Gasteiger partial charge in [0, 0.05) is 5.56 Å². The minimum Gasteiger partial charge on any atom is -0.468 e. The lowest BCUT2D eigenvalue weighted by Crippen LogP contribution is -1.97. The molecule has 0 aliphatic heterocycles. The fraction of sp³-hybridized carbons (Fsp3) is 0.0435. The molecule has 4 rings (SSSR count). The minimum absolute atomic E-state index is 0.0789. The van der Waals surface area contributed by atoms with Crippen molar-refractivity contribution in [2.45, 2.75) is 5.92 Å². The summed E-state index contributed by atoms with van der Waals surface area (Å²) in [4.78, 5) is 0. The molecule has 0 aliphatic carbocycles. The lowest BCUT2D eigenvalue weighted by molar-refractivity contribution is 0.510. The van der Waals surface area contributed by atoms with Gasteiger partial charge in [0.15, 0.2) is 0 Å². The molecule has 4 aromatic rings. The predicted octanol–water partition coefficient (Wildman–Crippen LogP) is 5.62. The number of rotatable bonds is 2. The molecular weight excluding hydrogens is 292 g/mol. The molecule has 0 amide bonds. The number of furan rings is 1. The van der Waals surface area contributed by atoms with Crippen LogP contribution in [0, 0.1) is 11.8 Å². The normalized spacial score (nSPS) is 11.7. The average molecular weight is 308 g/mol. The Morgan fingerprint density at radius 1 is 0.708 bits per heavy atom. The maximum Gasteiger partial charge on any atom is 0.123 e. The third kappa shape index (κ3) is 2.95. The van der Waals surface area contributed by atoms with Crippen LogP contribution in [0.1, 0.15) is 22.8 Å². The highest BCUT2D eigenvalue weighted by molar-refractivity contribution is 5.83. The van der Waals surface area contributed by atoms with Crippen molar-refractivity contribution in [3.05, 3.63) is 108 Å². The summed E-state index contributed by atoms with van der Waals surface area (Å²) in [6.07, 6.45) is 1.70. The Bertz CT molecular complexity index is 1000. The highest BCUT2D eigenvalue weighted by Crippen LogP contribution is 2.27. The van der Waals surface area contributed by atoms with Gasteiger partial charge in [-0.15, -0.1) is 0 Å². The zero-order valence-electron chi connectivity index (χ0n) is 13.1. The summed E-state index contributed by atoms with van der Waals surface area (Å²) in [5.74, 6) is 7.44. The van der Waals surface area contributed by atoms with Crippen LogP contribution in [0.5, 0.6) is 0 Å². The molecule has 0 N–H and O–H groups in total. The summed E-state index contributed by atoms with van der Waals surface area (Å²) in [7, 11) is 0. The summed E-state index contributed by atoms with van der Waals surface area (Å²) in [5, 5.41) is 2.45. The van der Waals surface area contributed by atoms with Gasteiger partial charge in [-0.25, -0.2) is 0 Å². The van der Waals surface area contributed by atoms with Gasteiger partial charge in [-0.05, 0) is 46.7 Å². The zero-order valence-corrected chi connectivity index (χ0v) is 13.1. The molecule has 1 unspecified atom stereocenters. The molecule has 0 saturated heterocycles. The lowest BCUT2D eigenvalue weighted by atomic mass is 9.94. The van der Waals surface area contributed by atoms with E-state index in [9.17, 15) is 0 Å². The molecule has 1 nitrogen and oxygen atoms in total. The standard InChI is InChI=1S/C23H16O/c1-2-7-18(8-3-1)12-15-22(23-11-6-16-24-23)21-14-13-19-9-4-5-10-20(19)17-21/h1-11,13-14,16-17,22H. The van der Waals surface area contributed by atoms with Crippen LogP contribution in [-0.2, 0) is 0 Å². The zero-order chi connectivity index (χ0) is 16.2. The van der Waals surface area contributed by atoms with E-state index >= 15 is 0 Å². The fourth-order valence-corrected chi connectivity index (χ4v) is 2.84. The second kappa shape index (κ2) is 6.48. The first kappa shape index (κ1) is 14.4. The van der Waals surface area contributed by atoms with Gasteiger partial charge in [0.1, 0.15) is 11.7 Å². The van der Waals surface area contributed by atoms with Crippen LogP contribution in [-0.4, -0.2) is 0 Å². The van der Waals surface area contributed by atoms with Crippen LogP contribution >= 0.6 is 0 Å². The first-order valence-electron chi connectivity index (χ1n) is 7.99. The molecule has 0 fully saturated rings. The third-order valence-corrected chi connectivity index (χ3v) is 4.07. The van der Waals surface area contributed by atoms with Crippen LogP contribution in [0.3, 0.4) is 0 Å². The second-order valence-electron chi connectivity index (χ2n) is 5.69. The van der Waals surface area contributed by atoms with E-state index in [0.717, 1.165) is 16.9 Å². The summed E-state index contributed by atoms with van der Waals surface area (Å²) >= 11 is 0. The lowest BCUT2D eigenvalue weighted by Gasteiger charge is -2.10. The summed E-state index contributed by atoms with van der Waals surface area (Å²) in [6, 6.07) is 28.8. The van der Waals surface area contributed by atoms with Crippen molar-refractivity contribution in [1.82, 2.24) is 0 Å². The Hall–Kier alpha value is -3.24. The van der Waals surface area contributed by atoms with Crippen LogP contribution in [0.25, 0.3) is 10.8 Å². The van der Waals surface area contributed by atoms with Crippen molar-refractivity contribution < 1.29 is 4.42 Å². The molecule has 3 aromatic carbocycles. The third-order valence-electron chi connectivity index (χ3n) is 4.07. The molecule has 1 heterocycles. The average Bonchev–Trinajstić information content (AvgIpc) is 3.17. The van der Waals surface area contributed by atoms with Gasteiger partial charge < -0.3 is 4.42 Å². The molecule has 0 spiro atoms. The highest BCUT2D eigenvalue weighted by atomic mass is 16.3.